The smallest absolute Gasteiger partial charge is 0.129 e. The van der Waals surface area contributed by atoms with Crippen molar-refractivity contribution in [2.75, 3.05) is 13.2 Å². The fourth-order valence-corrected chi connectivity index (χ4v) is 2.39. The molecule has 2 heterocycles. The summed E-state index contributed by atoms with van der Waals surface area (Å²) in [5.41, 5.74) is 1.22. The van der Waals surface area contributed by atoms with Crippen molar-refractivity contribution in [3.63, 3.8) is 0 Å². The quantitative estimate of drug-likeness (QED) is 0.707. The van der Waals surface area contributed by atoms with Crippen molar-refractivity contribution in [3.05, 3.63) is 52.1 Å². The SMILES string of the molecule is CCCNCc1ccc(COC/C=C/c2ccsc2)o1. The molecule has 0 atom stereocenters. The maximum atomic E-state index is 5.67. The van der Waals surface area contributed by atoms with E-state index in [4.69, 9.17) is 9.15 Å². The van der Waals surface area contributed by atoms with E-state index in [-0.39, 0.29) is 0 Å². The minimum Gasteiger partial charge on any atom is -0.462 e. The van der Waals surface area contributed by atoms with Gasteiger partial charge in [-0.2, -0.15) is 11.3 Å². The van der Waals surface area contributed by atoms with Gasteiger partial charge in [0.1, 0.15) is 18.1 Å². The van der Waals surface area contributed by atoms with Crippen LogP contribution in [0, 0.1) is 0 Å². The fourth-order valence-electron chi connectivity index (χ4n) is 1.76. The average Bonchev–Trinajstić information content (AvgIpc) is 3.10. The summed E-state index contributed by atoms with van der Waals surface area (Å²) >= 11 is 1.70. The van der Waals surface area contributed by atoms with Crippen LogP contribution in [0.3, 0.4) is 0 Å². The minimum atomic E-state index is 0.516. The van der Waals surface area contributed by atoms with Crippen LogP contribution < -0.4 is 5.32 Å². The molecular formula is C16H21NO2S. The van der Waals surface area contributed by atoms with E-state index in [0.29, 0.717) is 13.2 Å². The molecule has 1 N–H and O–H groups in total. The van der Waals surface area contributed by atoms with Crippen LogP contribution >= 0.6 is 11.3 Å². The van der Waals surface area contributed by atoms with E-state index in [1.807, 2.05) is 18.2 Å². The lowest BCUT2D eigenvalue weighted by Gasteiger charge is -2.00. The highest BCUT2D eigenvalue weighted by atomic mass is 32.1. The zero-order chi connectivity index (χ0) is 14.0. The van der Waals surface area contributed by atoms with Crippen molar-refractivity contribution >= 4 is 17.4 Å². The number of rotatable bonds is 9. The van der Waals surface area contributed by atoms with Crippen LogP contribution in [-0.2, 0) is 17.9 Å². The molecule has 20 heavy (non-hydrogen) atoms. The van der Waals surface area contributed by atoms with Crippen molar-refractivity contribution < 1.29 is 9.15 Å². The molecule has 2 aromatic rings. The monoisotopic (exact) mass is 291 g/mol. The van der Waals surface area contributed by atoms with Gasteiger partial charge in [0.2, 0.25) is 0 Å². The standard InChI is InChI=1S/C16H21NO2S/c1-2-8-17-11-15-5-6-16(19-15)12-18-9-3-4-14-7-10-20-13-14/h3-7,10,13,17H,2,8-9,11-12H2,1H3/b4-3+. The van der Waals surface area contributed by atoms with Gasteiger partial charge >= 0.3 is 0 Å². The molecule has 0 amide bonds. The first-order valence-corrected chi connectivity index (χ1v) is 7.87. The van der Waals surface area contributed by atoms with E-state index >= 15 is 0 Å². The first kappa shape index (κ1) is 15.0. The van der Waals surface area contributed by atoms with Crippen molar-refractivity contribution in [2.45, 2.75) is 26.5 Å². The summed E-state index contributed by atoms with van der Waals surface area (Å²) in [6.45, 7) is 5.06. The molecule has 0 bridgehead atoms. The van der Waals surface area contributed by atoms with E-state index in [1.54, 1.807) is 11.3 Å². The third kappa shape index (κ3) is 5.33. The second-order valence-corrected chi connectivity index (χ2v) is 5.30. The third-order valence-corrected chi connectivity index (χ3v) is 3.46. The second-order valence-electron chi connectivity index (χ2n) is 4.52. The summed E-state index contributed by atoms with van der Waals surface area (Å²) in [7, 11) is 0. The zero-order valence-electron chi connectivity index (χ0n) is 11.8. The molecule has 4 heteroatoms. The summed E-state index contributed by atoms with van der Waals surface area (Å²) in [6, 6.07) is 6.07. The van der Waals surface area contributed by atoms with Gasteiger partial charge in [0.15, 0.2) is 0 Å². The molecule has 0 fully saturated rings. The minimum absolute atomic E-state index is 0.516. The van der Waals surface area contributed by atoms with Crippen molar-refractivity contribution in [2.24, 2.45) is 0 Å². The Kier molecular flexibility index (Phi) is 6.57. The van der Waals surface area contributed by atoms with E-state index in [9.17, 15) is 0 Å². The lowest BCUT2D eigenvalue weighted by atomic mass is 10.3. The van der Waals surface area contributed by atoms with E-state index < -0.39 is 0 Å². The van der Waals surface area contributed by atoms with Gasteiger partial charge in [-0.1, -0.05) is 19.1 Å². The molecule has 0 aromatic carbocycles. The van der Waals surface area contributed by atoms with Gasteiger partial charge in [0.25, 0.3) is 0 Å². The van der Waals surface area contributed by atoms with Crippen molar-refractivity contribution in [1.29, 1.82) is 0 Å². The number of nitrogens with one attached hydrogen (secondary N) is 1. The topological polar surface area (TPSA) is 34.4 Å². The van der Waals surface area contributed by atoms with Gasteiger partial charge in [-0.05, 0) is 47.5 Å². The van der Waals surface area contributed by atoms with E-state index in [2.05, 4.69) is 35.1 Å². The first-order valence-electron chi connectivity index (χ1n) is 6.93. The predicted molar refractivity (Wildman–Crippen MR) is 83.7 cm³/mol. The molecule has 0 saturated carbocycles. The summed E-state index contributed by atoms with van der Waals surface area (Å²) in [6.07, 6.45) is 5.22. The highest BCUT2D eigenvalue weighted by Gasteiger charge is 2.01. The lowest BCUT2D eigenvalue weighted by molar-refractivity contribution is 0.130. The summed E-state index contributed by atoms with van der Waals surface area (Å²) in [5, 5.41) is 7.49. The van der Waals surface area contributed by atoms with Gasteiger partial charge in [0, 0.05) is 0 Å². The maximum absolute atomic E-state index is 5.67. The molecule has 108 valence electrons. The molecule has 0 aliphatic carbocycles. The largest absolute Gasteiger partial charge is 0.462 e. The van der Waals surface area contributed by atoms with Crippen LogP contribution in [0.5, 0.6) is 0 Å². The fraction of sp³-hybridized carbons (Fsp3) is 0.375. The summed E-state index contributed by atoms with van der Waals surface area (Å²) in [5.74, 6) is 1.84. The van der Waals surface area contributed by atoms with Gasteiger partial charge in [0.05, 0.1) is 13.2 Å². The molecule has 3 nitrogen and oxygen atoms in total. The van der Waals surface area contributed by atoms with Gasteiger partial charge in [-0.15, -0.1) is 0 Å². The molecule has 0 aliphatic heterocycles. The Bertz CT molecular complexity index is 502. The maximum Gasteiger partial charge on any atom is 0.129 e. The highest BCUT2D eigenvalue weighted by molar-refractivity contribution is 7.08. The molecule has 0 spiro atoms. The number of hydrogen-bond acceptors (Lipinski definition) is 4. The average molecular weight is 291 g/mol. The number of ether oxygens (including phenoxy) is 1. The van der Waals surface area contributed by atoms with Gasteiger partial charge < -0.3 is 14.5 Å². The molecule has 2 aromatic heterocycles. The number of hydrogen-bond donors (Lipinski definition) is 1. The Balaban J connectivity index is 1.64. The van der Waals surface area contributed by atoms with Crippen molar-refractivity contribution in [1.82, 2.24) is 5.32 Å². The van der Waals surface area contributed by atoms with Crippen molar-refractivity contribution in [3.8, 4) is 0 Å². The normalized spacial score (nSPS) is 11.4. The number of furan rings is 1. The Morgan fingerprint density at radius 2 is 2.20 bits per heavy atom. The van der Waals surface area contributed by atoms with Crippen LogP contribution in [0.4, 0.5) is 0 Å². The molecular weight excluding hydrogens is 270 g/mol. The van der Waals surface area contributed by atoms with Gasteiger partial charge in [-0.3, -0.25) is 0 Å². The Morgan fingerprint density at radius 1 is 1.30 bits per heavy atom. The number of thiophene rings is 1. The van der Waals surface area contributed by atoms with Crippen LogP contribution in [0.15, 0.2) is 39.5 Å². The second kappa shape index (κ2) is 8.74. The molecule has 0 radical (unpaired) electrons. The van der Waals surface area contributed by atoms with Crippen LogP contribution in [0.2, 0.25) is 0 Å². The van der Waals surface area contributed by atoms with E-state index in [1.165, 1.54) is 5.56 Å². The molecule has 0 unspecified atom stereocenters. The Morgan fingerprint density at radius 3 is 3.00 bits per heavy atom. The Hall–Kier alpha value is -1.36. The van der Waals surface area contributed by atoms with Crippen LogP contribution in [0.25, 0.3) is 6.08 Å². The lowest BCUT2D eigenvalue weighted by Crippen LogP contribution is -2.13. The highest BCUT2D eigenvalue weighted by Crippen LogP contribution is 2.10. The summed E-state index contributed by atoms with van der Waals surface area (Å²) < 4.78 is 11.2. The molecule has 0 aliphatic rings. The third-order valence-electron chi connectivity index (χ3n) is 2.76. The molecule has 2 rings (SSSR count). The predicted octanol–water partition coefficient (Wildman–Crippen LogP) is 4.07. The summed E-state index contributed by atoms with van der Waals surface area (Å²) in [4.78, 5) is 0. The van der Waals surface area contributed by atoms with E-state index in [0.717, 1.165) is 31.0 Å². The van der Waals surface area contributed by atoms with Crippen LogP contribution in [-0.4, -0.2) is 13.2 Å². The van der Waals surface area contributed by atoms with Gasteiger partial charge in [-0.25, -0.2) is 0 Å². The molecule has 0 saturated heterocycles. The first-order chi connectivity index (χ1) is 9.88. The van der Waals surface area contributed by atoms with Crippen LogP contribution in [0.1, 0.15) is 30.4 Å². The zero-order valence-corrected chi connectivity index (χ0v) is 12.6. The Labute approximate surface area is 124 Å².